The molecule has 2 N–H and O–H groups in total. The fourth-order valence-electron chi connectivity index (χ4n) is 4.96. The Morgan fingerprint density at radius 2 is 1.72 bits per heavy atom. The van der Waals surface area contributed by atoms with Crippen LogP contribution in [0.5, 0.6) is 0 Å². The molecule has 2 atom stereocenters. The Balaban J connectivity index is 1.62. The molecule has 0 radical (unpaired) electrons. The number of halogens is 3. The lowest BCUT2D eigenvalue weighted by atomic mass is 9.70. The van der Waals surface area contributed by atoms with E-state index in [0.717, 1.165) is 23.9 Å². The number of nitrogens with zero attached hydrogens (tertiary/aromatic N) is 2. The minimum Gasteiger partial charge on any atom is -0.326 e. The number of benzene rings is 2. The maximum absolute atomic E-state index is 12.5. The van der Waals surface area contributed by atoms with Crippen molar-refractivity contribution in [3.63, 3.8) is 0 Å². The summed E-state index contributed by atoms with van der Waals surface area (Å²) in [4.78, 5) is 15.9. The molecule has 0 spiro atoms. The molecule has 5 nitrogen and oxygen atoms in total. The van der Waals surface area contributed by atoms with Gasteiger partial charge >= 0.3 is 12.1 Å². The van der Waals surface area contributed by atoms with Gasteiger partial charge < -0.3 is 15.2 Å². The van der Waals surface area contributed by atoms with E-state index in [2.05, 4.69) is 36.7 Å². The molecule has 0 aliphatic heterocycles. The minimum absolute atomic E-state index is 0.0780. The molecular weight excluding hydrogens is 417 g/mol. The summed E-state index contributed by atoms with van der Waals surface area (Å²) < 4.78 is 39.7. The summed E-state index contributed by atoms with van der Waals surface area (Å²) in [6.07, 6.45) is -1.65. The summed E-state index contributed by atoms with van der Waals surface area (Å²) >= 11 is 0. The monoisotopic (exact) mass is 444 g/mol. The van der Waals surface area contributed by atoms with E-state index in [-0.39, 0.29) is 17.1 Å². The highest BCUT2D eigenvalue weighted by Crippen LogP contribution is 2.46. The molecule has 0 saturated heterocycles. The number of hydrogen-bond donors (Lipinski definition) is 2. The second-order valence-corrected chi connectivity index (χ2v) is 9.52. The molecule has 1 aromatic heterocycles. The molecule has 4 rings (SSSR count). The third-order valence-corrected chi connectivity index (χ3v) is 5.98. The van der Waals surface area contributed by atoms with Crippen molar-refractivity contribution in [2.75, 3.05) is 10.6 Å². The van der Waals surface area contributed by atoms with Crippen LogP contribution in [-0.4, -0.2) is 21.6 Å². The summed E-state index contributed by atoms with van der Waals surface area (Å²) in [5, 5.41) is 5.19. The molecule has 2 aromatic carbocycles. The molecule has 1 amide bonds. The van der Waals surface area contributed by atoms with Gasteiger partial charge in [-0.25, -0.2) is 4.98 Å². The molecule has 32 heavy (non-hydrogen) atoms. The lowest BCUT2D eigenvalue weighted by Gasteiger charge is -2.40. The van der Waals surface area contributed by atoms with Crippen molar-refractivity contribution >= 4 is 34.3 Å². The lowest BCUT2D eigenvalue weighted by molar-refractivity contribution is -0.167. The summed E-state index contributed by atoms with van der Waals surface area (Å²) in [6, 6.07) is 14.4. The zero-order chi connectivity index (χ0) is 23.1. The van der Waals surface area contributed by atoms with Gasteiger partial charge in [-0.05, 0) is 67.0 Å². The van der Waals surface area contributed by atoms with Crippen molar-refractivity contribution in [1.82, 2.24) is 9.55 Å². The van der Waals surface area contributed by atoms with E-state index in [4.69, 9.17) is 4.98 Å². The first kappa shape index (κ1) is 22.2. The van der Waals surface area contributed by atoms with Crippen LogP contribution in [0.4, 0.5) is 30.5 Å². The zero-order valence-corrected chi connectivity index (χ0v) is 18.3. The quantitative estimate of drug-likeness (QED) is 0.473. The number of carbonyl (C=O) groups excluding carboxylic acids is 1. The first-order valence-electron chi connectivity index (χ1n) is 10.7. The molecular formula is C24H27F3N4O. The van der Waals surface area contributed by atoms with Crippen LogP contribution in [0, 0.1) is 11.3 Å². The van der Waals surface area contributed by atoms with Crippen LogP contribution in [0.3, 0.4) is 0 Å². The first-order chi connectivity index (χ1) is 15.0. The fourth-order valence-corrected chi connectivity index (χ4v) is 4.96. The van der Waals surface area contributed by atoms with Gasteiger partial charge in [-0.3, -0.25) is 4.79 Å². The molecule has 1 aliphatic carbocycles. The largest absolute Gasteiger partial charge is 0.471 e. The van der Waals surface area contributed by atoms with E-state index in [1.807, 2.05) is 23.5 Å². The number of rotatable bonds is 4. The number of fused-ring (bicyclic) bond motifs is 1. The Morgan fingerprint density at radius 1 is 1.06 bits per heavy atom. The summed E-state index contributed by atoms with van der Waals surface area (Å²) in [5.41, 5.74) is 2.92. The van der Waals surface area contributed by atoms with Crippen LogP contribution >= 0.6 is 0 Å². The molecule has 8 heteroatoms. The number of hydrogen-bond acceptors (Lipinski definition) is 3. The number of nitrogens with one attached hydrogen (secondary N) is 2. The Bertz CT molecular complexity index is 1120. The highest BCUT2D eigenvalue weighted by Gasteiger charge is 2.38. The smallest absolute Gasteiger partial charge is 0.326 e. The number of carbonyl (C=O) groups is 1. The average Bonchev–Trinajstić information content (AvgIpc) is 3.05. The van der Waals surface area contributed by atoms with E-state index >= 15 is 0 Å². The van der Waals surface area contributed by atoms with E-state index in [9.17, 15) is 18.0 Å². The molecule has 1 saturated carbocycles. The fraction of sp³-hybridized carbons (Fsp3) is 0.417. The second kappa shape index (κ2) is 8.15. The highest BCUT2D eigenvalue weighted by atomic mass is 19.4. The van der Waals surface area contributed by atoms with Crippen LogP contribution in [0.25, 0.3) is 11.0 Å². The normalized spacial score (nSPS) is 20.8. The summed E-state index contributed by atoms with van der Waals surface area (Å²) in [5.74, 6) is -0.698. The van der Waals surface area contributed by atoms with Gasteiger partial charge in [-0.1, -0.05) is 32.9 Å². The number of aromatic nitrogens is 2. The number of anilines is 3. The maximum atomic E-state index is 12.5. The van der Waals surface area contributed by atoms with E-state index < -0.39 is 12.1 Å². The topological polar surface area (TPSA) is 59.0 Å². The Morgan fingerprint density at radius 3 is 2.38 bits per heavy atom. The van der Waals surface area contributed by atoms with Gasteiger partial charge in [-0.15, -0.1) is 0 Å². The third kappa shape index (κ3) is 4.74. The Labute approximate surface area is 185 Å². The average molecular weight is 445 g/mol. The van der Waals surface area contributed by atoms with Crippen molar-refractivity contribution in [1.29, 1.82) is 0 Å². The van der Waals surface area contributed by atoms with Gasteiger partial charge in [0.25, 0.3) is 0 Å². The van der Waals surface area contributed by atoms with Crippen molar-refractivity contribution in [3.05, 3.63) is 48.5 Å². The van der Waals surface area contributed by atoms with Gasteiger partial charge in [0.15, 0.2) is 0 Å². The molecule has 0 unspecified atom stereocenters. The van der Waals surface area contributed by atoms with Gasteiger partial charge in [0.1, 0.15) is 0 Å². The highest BCUT2D eigenvalue weighted by molar-refractivity contribution is 5.95. The number of amides is 1. The van der Waals surface area contributed by atoms with Crippen LogP contribution in [0.2, 0.25) is 0 Å². The van der Waals surface area contributed by atoms with Gasteiger partial charge in [0, 0.05) is 17.4 Å². The van der Waals surface area contributed by atoms with Gasteiger partial charge in [-0.2, -0.15) is 13.2 Å². The summed E-state index contributed by atoms with van der Waals surface area (Å²) in [6.45, 7) is 6.89. The number of imidazole rings is 1. The summed E-state index contributed by atoms with van der Waals surface area (Å²) in [7, 11) is 0. The third-order valence-electron chi connectivity index (χ3n) is 5.98. The lowest BCUT2D eigenvalue weighted by Crippen LogP contribution is -2.30. The molecule has 1 heterocycles. The molecule has 170 valence electrons. The van der Waals surface area contributed by atoms with Gasteiger partial charge in [0.2, 0.25) is 5.95 Å². The first-order valence-corrected chi connectivity index (χ1v) is 10.7. The van der Waals surface area contributed by atoms with Gasteiger partial charge in [0.05, 0.1) is 11.0 Å². The standard InChI is InChI=1S/C24H27F3N4O/c1-15-12-18(14-23(2,3)13-15)31-20-7-5-4-6-19(20)30-22(31)29-17-10-8-16(9-11-17)28-21(32)24(25,26)27/h4-11,15,18H,12-14H2,1-3H3,(H,28,32)(H,29,30)/t15-,18-/m0/s1. The number of para-hydroxylation sites is 2. The molecule has 3 aromatic rings. The van der Waals surface area contributed by atoms with Crippen LogP contribution in [-0.2, 0) is 4.79 Å². The van der Waals surface area contributed by atoms with Crippen LogP contribution < -0.4 is 10.6 Å². The molecule has 0 bridgehead atoms. The van der Waals surface area contributed by atoms with Crippen LogP contribution in [0.1, 0.15) is 46.1 Å². The Kier molecular flexibility index (Phi) is 5.65. The van der Waals surface area contributed by atoms with Crippen molar-refractivity contribution in [2.45, 2.75) is 52.3 Å². The van der Waals surface area contributed by atoms with Crippen molar-refractivity contribution < 1.29 is 18.0 Å². The maximum Gasteiger partial charge on any atom is 0.471 e. The number of alkyl halides is 3. The molecule has 1 aliphatic rings. The zero-order valence-electron chi connectivity index (χ0n) is 18.3. The minimum atomic E-state index is -4.92. The predicted molar refractivity (Wildman–Crippen MR) is 120 cm³/mol. The second-order valence-electron chi connectivity index (χ2n) is 9.52. The van der Waals surface area contributed by atoms with Crippen molar-refractivity contribution in [3.8, 4) is 0 Å². The SMILES string of the molecule is C[C@H]1C[C@H](n2c(Nc3ccc(NC(=O)C(F)(F)F)cc3)nc3ccccc32)CC(C)(C)C1. The molecule has 1 fully saturated rings. The Hall–Kier alpha value is -3.03. The predicted octanol–water partition coefficient (Wildman–Crippen LogP) is 6.67. The van der Waals surface area contributed by atoms with Crippen molar-refractivity contribution in [2.24, 2.45) is 11.3 Å². The van der Waals surface area contributed by atoms with E-state index in [1.54, 1.807) is 12.1 Å². The van der Waals surface area contributed by atoms with E-state index in [1.165, 1.54) is 18.6 Å². The van der Waals surface area contributed by atoms with Crippen LogP contribution in [0.15, 0.2) is 48.5 Å². The van der Waals surface area contributed by atoms with E-state index in [0.29, 0.717) is 17.6 Å².